The van der Waals surface area contributed by atoms with E-state index in [0.717, 1.165) is 52.1 Å². The second-order valence-electron chi connectivity index (χ2n) is 6.74. The molecule has 0 amide bonds. The van der Waals surface area contributed by atoms with Crippen LogP contribution >= 0.6 is 0 Å². The summed E-state index contributed by atoms with van der Waals surface area (Å²) in [5, 5.41) is 4.52. The molecule has 0 bridgehead atoms. The molecule has 2 heterocycles. The second-order valence-corrected chi connectivity index (χ2v) is 6.74. The van der Waals surface area contributed by atoms with Crippen molar-refractivity contribution in [3.63, 3.8) is 0 Å². The molecular formula is C20H19NO4. The lowest BCUT2D eigenvalue weighted by atomic mass is 9.95. The molecule has 0 radical (unpaired) electrons. The first-order chi connectivity index (χ1) is 12.2. The summed E-state index contributed by atoms with van der Waals surface area (Å²) in [6.45, 7) is 1.52. The van der Waals surface area contributed by atoms with Gasteiger partial charge in [0.25, 0.3) is 0 Å². The molecule has 3 aromatic carbocycles. The summed E-state index contributed by atoms with van der Waals surface area (Å²) in [6, 6.07) is 10.5. The summed E-state index contributed by atoms with van der Waals surface area (Å²) >= 11 is 0. The molecule has 0 aliphatic carbocycles. The molecule has 3 aromatic rings. The molecule has 2 aliphatic rings. The number of rotatable bonds is 3. The summed E-state index contributed by atoms with van der Waals surface area (Å²) < 4.78 is 22.6. The predicted molar refractivity (Wildman–Crippen MR) is 96.0 cm³/mol. The molecule has 0 saturated heterocycles. The molecule has 128 valence electrons. The molecule has 0 atom stereocenters. The van der Waals surface area contributed by atoms with Crippen LogP contribution in [0.2, 0.25) is 0 Å². The molecule has 5 rings (SSSR count). The molecule has 0 fully saturated rings. The molecular weight excluding hydrogens is 318 g/mol. The van der Waals surface area contributed by atoms with Gasteiger partial charge in [0.15, 0.2) is 23.0 Å². The monoisotopic (exact) mass is 337 g/mol. The zero-order chi connectivity index (χ0) is 17.0. The van der Waals surface area contributed by atoms with E-state index in [0.29, 0.717) is 0 Å². The fourth-order valence-electron chi connectivity index (χ4n) is 3.60. The third kappa shape index (κ3) is 2.27. The van der Waals surface area contributed by atoms with E-state index >= 15 is 0 Å². The van der Waals surface area contributed by atoms with Crippen LogP contribution in [0.1, 0.15) is 5.56 Å². The number of nitrogens with zero attached hydrogens (tertiary/aromatic N) is 1. The van der Waals surface area contributed by atoms with Gasteiger partial charge in [0.1, 0.15) is 0 Å². The number of fused-ring (bicyclic) bond motifs is 6. The first kappa shape index (κ1) is 14.7. The third-order valence-electron chi connectivity index (χ3n) is 4.86. The topological polar surface area (TPSA) is 40.2 Å². The zero-order valence-corrected chi connectivity index (χ0v) is 14.3. The highest BCUT2D eigenvalue weighted by atomic mass is 16.7. The molecule has 0 unspecified atom stereocenters. The van der Waals surface area contributed by atoms with Gasteiger partial charge in [0.05, 0.1) is 0 Å². The van der Waals surface area contributed by atoms with Crippen LogP contribution in [0.5, 0.6) is 23.0 Å². The summed E-state index contributed by atoms with van der Waals surface area (Å²) in [4.78, 5) is 2.19. The van der Waals surface area contributed by atoms with E-state index < -0.39 is 0 Å². The standard InChI is InChI=1S/C20H19NO4/c1-21(2)6-5-13-8-18-20(25-11-24-18)19-14(13)4-3-12-7-16-17(9-15(12)19)23-10-22-16/h3-4,7-9H,5-6,10-11H2,1-2H3. The van der Waals surface area contributed by atoms with Crippen molar-refractivity contribution in [2.24, 2.45) is 0 Å². The van der Waals surface area contributed by atoms with Crippen molar-refractivity contribution in [3.05, 3.63) is 35.9 Å². The van der Waals surface area contributed by atoms with E-state index in [-0.39, 0.29) is 13.6 Å². The van der Waals surface area contributed by atoms with Gasteiger partial charge in [0.2, 0.25) is 13.6 Å². The average Bonchev–Trinajstić information content (AvgIpc) is 3.25. The second kappa shape index (κ2) is 5.43. The van der Waals surface area contributed by atoms with Crippen molar-refractivity contribution in [1.29, 1.82) is 0 Å². The van der Waals surface area contributed by atoms with Gasteiger partial charge in [-0.1, -0.05) is 12.1 Å². The van der Waals surface area contributed by atoms with Gasteiger partial charge in [-0.05, 0) is 60.4 Å². The summed E-state index contributed by atoms with van der Waals surface area (Å²) in [6.07, 6.45) is 0.955. The van der Waals surface area contributed by atoms with Crippen LogP contribution < -0.4 is 18.9 Å². The molecule has 5 nitrogen and oxygen atoms in total. The molecule has 0 saturated carbocycles. The Morgan fingerprint density at radius 1 is 0.840 bits per heavy atom. The number of ether oxygens (including phenoxy) is 4. The molecule has 5 heteroatoms. The quantitative estimate of drug-likeness (QED) is 0.684. The lowest BCUT2D eigenvalue weighted by molar-refractivity contribution is 0.174. The van der Waals surface area contributed by atoms with Crippen molar-refractivity contribution in [1.82, 2.24) is 4.90 Å². The fourth-order valence-corrected chi connectivity index (χ4v) is 3.60. The Balaban J connectivity index is 1.81. The van der Waals surface area contributed by atoms with Crippen LogP contribution in [0.3, 0.4) is 0 Å². The first-order valence-electron chi connectivity index (χ1n) is 8.43. The Hall–Kier alpha value is -2.66. The van der Waals surface area contributed by atoms with Gasteiger partial charge in [-0.3, -0.25) is 0 Å². The van der Waals surface area contributed by atoms with E-state index in [9.17, 15) is 0 Å². The summed E-state index contributed by atoms with van der Waals surface area (Å²) in [7, 11) is 4.18. The van der Waals surface area contributed by atoms with Crippen LogP contribution in [-0.4, -0.2) is 39.1 Å². The van der Waals surface area contributed by atoms with Gasteiger partial charge in [0, 0.05) is 11.9 Å². The highest BCUT2D eigenvalue weighted by molar-refractivity contribution is 6.13. The molecule has 2 aliphatic heterocycles. The smallest absolute Gasteiger partial charge is 0.231 e. The van der Waals surface area contributed by atoms with Gasteiger partial charge in [-0.15, -0.1) is 0 Å². The molecule has 0 spiro atoms. The van der Waals surface area contributed by atoms with E-state index in [2.05, 4.69) is 43.3 Å². The van der Waals surface area contributed by atoms with Crippen LogP contribution in [-0.2, 0) is 6.42 Å². The van der Waals surface area contributed by atoms with Crippen molar-refractivity contribution < 1.29 is 18.9 Å². The maximum atomic E-state index is 5.82. The minimum atomic E-state index is 0.266. The van der Waals surface area contributed by atoms with Gasteiger partial charge < -0.3 is 23.8 Å². The Morgan fingerprint density at radius 2 is 1.60 bits per heavy atom. The third-order valence-corrected chi connectivity index (χ3v) is 4.86. The van der Waals surface area contributed by atoms with Gasteiger partial charge in [-0.2, -0.15) is 0 Å². The van der Waals surface area contributed by atoms with Crippen molar-refractivity contribution in [2.45, 2.75) is 6.42 Å². The van der Waals surface area contributed by atoms with Crippen LogP contribution in [0, 0.1) is 0 Å². The van der Waals surface area contributed by atoms with Crippen molar-refractivity contribution >= 4 is 21.5 Å². The zero-order valence-electron chi connectivity index (χ0n) is 14.3. The van der Waals surface area contributed by atoms with Gasteiger partial charge >= 0.3 is 0 Å². The predicted octanol–water partition coefficient (Wildman–Crippen LogP) is 3.55. The highest BCUT2D eigenvalue weighted by Gasteiger charge is 2.23. The molecule has 25 heavy (non-hydrogen) atoms. The van der Waals surface area contributed by atoms with Crippen molar-refractivity contribution in [2.75, 3.05) is 34.2 Å². The highest BCUT2D eigenvalue weighted by Crippen LogP contribution is 2.47. The number of benzene rings is 3. The largest absolute Gasteiger partial charge is 0.454 e. The normalized spacial score (nSPS) is 14.8. The SMILES string of the molecule is CN(C)CCc1cc2c(c3c1ccc1cc4c(cc13)OCO4)OCO2. The minimum Gasteiger partial charge on any atom is -0.454 e. The lowest BCUT2D eigenvalue weighted by Crippen LogP contribution is -2.15. The lowest BCUT2D eigenvalue weighted by Gasteiger charge is -2.14. The maximum Gasteiger partial charge on any atom is 0.231 e. The molecule has 0 aromatic heterocycles. The number of hydrogen-bond acceptors (Lipinski definition) is 5. The maximum absolute atomic E-state index is 5.82. The Labute approximate surface area is 145 Å². The van der Waals surface area contributed by atoms with Gasteiger partial charge in [-0.25, -0.2) is 0 Å². The fraction of sp³-hybridized carbons (Fsp3) is 0.300. The van der Waals surface area contributed by atoms with Crippen LogP contribution in [0.25, 0.3) is 21.5 Å². The summed E-state index contributed by atoms with van der Waals surface area (Å²) in [5.41, 5.74) is 1.27. The van der Waals surface area contributed by atoms with E-state index in [1.54, 1.807) is 0 Å². The Kier molecular flexibility index (Phi) is 3.18. The summed E-state index contributed by atoms with van der Waals surface area (Å²) in [5.74, 6) is 3.23. The Morgan fingerprint density at radius 3 is 2.44 bits per heavy atom. The average molecular weight is 337 g/mol. The van der Waals surface area contributed by atoms with Crippen LogP contribution in [0.4, 0.5) is 0 Å². The Bertz CT molecular complexity index is 996. The van der Waals surface area contributed by atoms with Crippen molar-refractivity contribution in [3.8, 4) is 23.0 Å². The van der Waals surface area contributed by atoms with E-state index in [1.165, 1.54) is 10.9 Å². The van der Waals surface area contributed by atoms with Crippen LogP contribution in [0.15, 0.2) is 30.3 Å². The molecule has 0 N–H and O–H groups in total. The number of hydrogen-bond donors (Lipinski definition) is 0. The first-order valence-corrected chi connectivity index (χ1v) is 8.43. The van der Waals surface area contributed by atoms with E-state index in [1.807, 2.05) is 6.07 Å². The number of likely N-dealkylation sites (N-methyl/N-ethyl adjacent to an activating group) is 1. The van der Waals surface area contributed by atoms with E-state index in [4.69, 9.17) is 18.9 Å². The minimum absolute atomic E-state index is 0.266.